The Bertz CT molecular complexity index is 728. The number of halogens is 2. The zero-order valence-corrected chi connectivity index (χ0v) is 11.8. The van der Waals surface area contributed by atoms with Crippen molar-refractivity contribution in [1.29, 1.82) is 0 Å². The summed E-state index contributed by atoms with van der Waals surface area (Å²) >= 11 is 0. The highest BCUT2D eigenvalue weighted by Gasteiger charge is 2.23. The minimum atomic E-state index is -3.99. The van der Waals surface area contributed by atoms with Crippen LogP contribution in [0.5, 0.6) is 0 Å². The summed E-state index contributed by atoms with van der Waals surface area (Å²) in [6.45, 7) is 3.81. The first-order valence-corrected chi connectivity index (χ1v) is 7.80. The second-order valence-corrected chi connectivity index (χ2v) is 6.41. The first-order valence-electron chi connectivity index (χ1n) is 5.49. The minimum Gasteiger partial charge on any atom is -0.297 e. The summed E-state index contributed by atoms with van der Waals surface area (Å²) in [6, 6.07) is 4.20. The van der Waals surface area contributed by atoms with Crippen LogP contribution in [0.3, 0.4) is 0 Å². The molecule has 8 heteroatoms. The number of nitrogens with zero attached hydrogens (tertiary/aromatic N) is 3. The molecule has 0 aliphatic rings. The van der Waals surface area contributed by atoms with Crippen LogP contribution in [0.15, 0.2) is 23.4 Å². The van der Waals surface area contributed by atoms with Crippen LogP contribution in [0.1, 0.15) is 12.5 Å². The molecule has 0 fully saturated rings. The van der Waals surface area contributed by atoms with Gasteiger partial charge in [0.2, 0.25) is 0 Å². The van der Waals surface area contributed by atoms with E-state index >= 15 is 0 Å². The van der Waals surface area contributed by atoms with Crippen LogP contribution in [0.25, 0.3) is 11.4 Å². The van der Waals surface area contributed by atoms with Gasteiger partial charge in [-0.15, -0.1) is 10.2 Å². The van der Waals surface area contributed by atoms with Gasteiger partial charge < -0.3 is 0 Å². The van der Waals surface area contributed by atoms with E-state index in [1.165, 1.54) is 16.7 Å². The van der Waals surface area contributed by atoms with Crippen LogP contribution in [-0.2, 0) is 15.6 Å². The number of aromatic nitrogens is 3. The van der Waals surface area contributed by atoms with Crippen LogP contribution >= 0.6 is 10.7 Å². The Morgan fingerprint density at radius 1 is 1.37 bits per heavy atom. The Labute approximate surface area is 114 Å². The third-order valence-electron chi connectivity index (χ3n) is 2.69. The average Bonchev–Trinajstić information content (AvgIpc) is 2.75. The average molecular weight is 304 g/mol. The van der Waals surface area contributed by atoms with Gasteiger partial charge >= 0.3 is 0 Å². The highest BCUT2D eigenvalue weighted by atomic mass is 35.7. The fourth-order valence-electron chi connectivity index (χ4n) is 1.79. The van der Waals surface area contributed by atoms with Crippen molar-refractivity contribution in [3.05, 3.63) is 29.6 Å². The molecule has 1 aromatic heterocycles. The second-order valence-electron chi connectivity index (χ2n) is 3.95. The molecule has 0 amide bonds. The lowest BCUT2D eigenvalue weighted by atomic mass is 10.1. The zero-order valence-electron chi connectivity index (χ0n) is 10.3. The molecule has 0 saturated heterocycles. The Balaban J connectivity index is 2.70. The van der Waals surface area contributed by atoms with Crippen LogP contribution in [-0.4, -0.2) is 23.2 Å². The van der Waals surface area contributed by atoms with Gasteiger partial charge in [0.1, 0.15) is 5.82 Å². The van der Waals surface area contributed by atoms with Gasteiger partial charge in [0.05, 0.1) is 0 Å². The van der Waals surface area contributed by atoms with Crippen molar-refractivity contribution < 1.29 is 12.8 Å². The van der Waals surface area contributed by atoms with Crippen LogP contribution in [0, 0.1) is 12.7 Å². The lowest BCUT2D eigenvalue weighted by molar-refractivity contribution is 0.582. The molecule has 0 aliphatic carbocycles. The molecule has 2 aromatic rings. The van der Waals surface area contributed by atoms with Gasteiger partial charge in [-0.2, -0.15) is 0 Å². The Morgan fingerprint density at radius 3 is 2.63 bits per heavy atom. The van der Waals surface area contributed by atoms with Gasteiger partial charge in [-0.05, 0) is 31.5 Å². The van der Waals surface area contributed by atoms with Crippen molar-refractivity contribution in [2.45, 2.75) is 25.5 Å². The van der Waals surface area contributed by atoms with Gasteiger partial charge in [0.15, 0.2) is 5.82 Å². The van der Waals surface area contributed by atoms with Crippen molar-refractivity contribution in [2.24, 2.45) is 0 Å². The molecule has 102 valence electrons. The number of hydrogen-bond acceptors (Lipinski definition) is 4. The summed E-state index contributed by atoms with van der Waals surface area (Å²) in [6.07, 6.45) is 0. The SMILES string of the molecule is CCn1c(-c2cc(F)ccc2C)nnc1S(=O)(=O)Cl. The number of rotatable bonds is 3. The van der Waals surface area contributed by atoms with Gasteiger partial charge in [0, 0.05) is 22.8 Å². The predicted molar refractivity (Wildman–Crippen MR) is 68.9 cm³/mol. The normalized spacial score (nSPS) is 11.8. The summed E-state index contributed by atoms with van der Waals surface area (Å²) in [7, 11) is 1.30. The van der Waals surface area contributed by atoms with Gasteiger partial charge in [0.25, 0.3) is 14.2 Å². The summed E-state index contributed by atoms with van der Waals surface area (Å²) in [5.74, 6) is -0.153. The molecule has 0 radical (unpaired) electrons. The predicted octanol–water partition coefficient (Wildman–Crippen LogP) is 2.34. The van der Waals surface area contributed by atoms with E-state index < -0.39 is 14.9 Å². The van der Waals surface area contributed by atoms with E-state index in [-0.39, 0.29) is 11.0 Å². The monoisotopic (exact) mass is 303 g/mol. The van der Waals surface area contributed by atoms with Crippen LogP contribution in [0.4, 0.5) is 4.39 Å². The van der Waals surface area contributed by atoms with E-state index in [9.17, 15) is 12.8 Å². The lowest BCUT2D eigenvalue weighted by Gasteiger charge is -2.08. The van der Waals surface area contributed by atoms with E-state index in [0.717, 1.165) is 5.56 Å². The number of benzene rings is 1. The fraction of sp³-hybridized carbons (Fsp3) is 0.273. The molecule has 0 atom stereocenters. The van der Waals surface area contributed by atoms with Crippen LogP contribution < -0.4 is 0 Å². The Hall–Kier alpha value is -1.47. The Morgan fingerprint density at radius 2 is 2.05 bits per heavy atom. The van der Waals surface area contributed by atoms with Crippen molar-refractivity contribution in [2.75, 3.05) is 0 Å². The molecular formula is C11H11ClFN3O2S. The standard InChI is InChI=1S/C11H11ClFN3O2S/c1-3-16-10(14-15-11(16)19(12,17)18)9-6-8(13)5-4-7(9)2/h4-6H,3H2,1-2H3. The van der Waals surface area contributed by atoms with Gasteiger partial charge in [-0.25, -0.2) is 12.8 Å². The first-order chi connectivity index (χ1) is 8.84. The van der Waals surface area contributed by atoms with Crippen molar-refractivity contribution in [3.63, 3.8) is 0 Å². The van der Waals surface area contributed by atoms with E-state index in [0.29, 0.717) is 12.1 Å². The molecule has 0 saturated carbocycles. The molecule has 5 nitrogen and oxygen atoms in total. The molecule has 0 unspecified atom stereocenters. The molecule has 0 bridgehead atoms. The fourth-order valence-corrected chi connectivity index (χ4v) is 2.75. The van der Waals surface area contributed by atoms with E-state index in [1.54, 1.807) is 19.9 Å². The molecule has 0 spiro atoms. The molecule has 1 aromatic carbocycles. The quantitative estimate of drug-likeness (QED) is 0.816. The third-order valence-corrected chi connectivity index (χ3v) is 3.84. The summed E-state index contributed by atoms with van der Waals surface area (Å²) < 4.78 is 37.4. The Kier molecular flexibility index (Phi) is 3.60. The zero-order chi connectivity index (χ0) is 14.2. The second kappa shape index (κ2) is 4.90. The molecule has 19 heavy (non-hydrogen) atoms. The van der Waals surface area contributed by atoms with E-state index in [4.69, 9.17) is 10.7 Å². The lowest BCUT2D eigenvalue weighted by Crippen LogP contribution is -2.06. The smallest absolute Gasteiger partial charge is 0.296 e. The van der Waals surface area contributed by atoms with E-state index in [1.807, 2.05) is 0 Å². The summed E-state index contributed by atoms with van der Waals surface area (Å²) in [5, 5.41) is 7.05. The molecular weight excluding hydrogens is 293 g/mol. The van der Waals surface area contributed by atoms with Crippen LogP contribution in [0.2, 0.25) is 0 Å². The maximum atomic E-state index is 13.3. The maximum absolute atomic E-state index is 13.3. The topological polar surface area (TPSA) is 64.8 Å². The summed E-state index contributed by atoms with van der Waals surface area (Å²) in [4.78, 5) is 0. The molecule has 0 aliphatic heterocycles. The van der Waals surface area contributed by atoms with Crippen molar-refractivity contribution in [3.8, 4) is 11.4 Å². The minimum absolute atomic E-state index is 0.277. The molecule has 0 N–H and O–H groups in total. The first kappa shape index (κ1) is 14.0. The third kappa shape index (κ3) is 2.62. The maximum Gasteiger partial charge on any atom is 0.296 e. The largest absolute Gasteiger partial charge is 0.297 e. The van der Waals surface area contributed by atoms with Crippen molar-refractivity contribution in [1.82, 2.24) is 14.8 Å². The summed E-state index contributed by atoms with van der Waals surface area (Å²) in [5.41, 5.74) is 1.25. The van der Waals surface area contributed by atoms with E-state index in [2.05, 4.69) is 10.2 Å². The molecule has 2 rings (SSSR count). The van der Waals surface area contributed by atoms with Gasteiger partial charge in [-0.3, -0.25) is 4.57 Å². The highest BCUT2D eigenvalue weighted by Crippen LogP contribution is 2.25. The number of aryl methyl sites for hydroxylation is 1. The van der Waals surface area contributed by atoms with Crippen molar-refractivity contribution >= 4 is 19.7 Å². The van der Waals surface area contributed by atoms with Gasteiger partial charge in [-0.1, -0.05) is 6.07 Å². The highest BCUT2D eigenvalue weighted by molar-refractivity contribution is 8.13. The number of hydrogen-bond donors (Lipinski definition) is 0. The molecule has 1 heterocycles.